The maximum absolute atomic E-state index is 5.50. The van der Waals surface area contributed by atoms with E-state index in [1.807, 2.05) is 0 Å². The molecule has 0 spiro atoms. The average Bonchev–Trinajstić information content (AvgIpc) is 3.64. The van der Waals surface area contributed by atoms with E-state index in [9.17, 15) is 0 Å². The van der Waals surface area contributed by atoms with Gasteiger partial charge in [0.1, 0.15) is 11.6 Å². The SMILES string of the molecule is CC1CCN(c2cc(N3CCN(c4ccccc4)CC3)nc(NC(=S)NC3CC3)n2)CC1. The number of hydrogen-bond acceptors (Lipinski definition) is 6. The summed E-state index contributed by atoms with van der Waals surface area (Å²) >= 11 is 5.50. The second kappa shape index (κ2) is 9.48. The van der Waals surface area contributed by atoms with Crippen molar-refractivity contribution in [2.24, 2.45) is 5.92 Å². The first-order chi connectivity index (χ1) is 15.6. The largest absolute Gasteiger partial charge is 0.368 e. The molecule has 2 aliphatic heterocycles. The molecule has 1 aromatic carbocycles. The van der Waals surface area contributed by atoms with Gasteiger partial charge in [-0.05, 0) is 56.0 Å². The third-order valence-electron chi connectivity index (χ3n) is 6.67. The van der Waals surface area contributed by atoms with Crippen molar-refractivity contribution in [2.45, 2.75) is 38.6 Å². The highest BCUT2D eigenvalue weighted by atomic mass is 32.1. The van der Waals surface area contributed by atoms with E-state index in [-0.39, 0.29) is 0 Å². The number of piperidine rings is 1. The minimum absolute atomic E-state index is 0.507. The Morgan fingerprint density at radius 1 is 0.844 bits per heavy atom. The summed E-state index contributed by atoms with van der Waals surface area (Å²) < 4.78 is 0. The van der Waals surface area contributed by atoms with E-state index >= 15 is 0 Å². The molecule has 7 nitrogen and oxygen atoms in total. The van der Waals surface area contributed by atoms with Crippen LogP contribution in [0.3, 0.4) is 0 Å². The molecule has 0 amide bonds. The van der Waals surface area contributed by atoms with Crippen LogP contribution in [0.25, 0.3) is 0 Å². The second-order valence-corrected chi connectivity index (χ2v) is 9.67. The molecule has 1 saturated carbocycles. The number of thiocarbonyl (C=S) groups is 1. The van der Waals surface area contributed by atoms with Gasteiger partial charge in [-0.1, -0.05) is 25.1 Å². The van der Waals surface area contributed by atoms with Crippen LogP contribution in [-0.4, -0.2) is 60.4 Å². The highest BCUT2D eigenvalue weighted by Gasteiger charge is 2.24. The van der Waals surface area contributed by atoms with E-state index in [0.29, 0.717) is 17.1 Å². The van der Waals surface area contributed by atoms with Crippen molar-refractivity contribution in [1.82, 2.24) is 15.3 Å². The first-order valence-corrected chi connectivity index (χ1v) is 12.3. The van der Waals surface area contributed by atoms with Gasteiger partial charge in [0.05, 0.1) is 0 Å². The van der Waals surface area contributed by atoms with Gasteiger partial charge in [-0.2, -0.15) is 9.97 Å². The summed E-state index contributed by atoms with van der Waals surface area (Å²) in [6.07, 6.45) is 4.79. The van der Waals surface area contributed by atoms with Gasteiger partial charge in [-0.25, -0.2) is 0 Å². The van der Waals surface area contributed by atoms with Gasteiger partial charge in [0, 0.05) is 57.1 Å². The zero-order valence-corrected chi connectivity index (χ0v) is 19.7. The molecule has 3 heterocycles. The first-order valence-electron chi connectivity index (χ1n) is 11.9. The molecule has 2 saturated heterocycles. The molecular weight excluding hydrogens is 418 g/mol. The van der Waals surface area contributed by atoms with Crippen LogP contribution in [-0.2, 0) is 0 Å². The molecule has 2 N–H and O–H groups in total. The fraction of sp³-hybridized carbons (Fsp3) is 0.542. The van der Waals surface area contributed by atoms with Crippen LogP contribution in [0.15, 0.2) is 36.4 Å². The van der Waals surface area contributed by atoms with Crippen molar-refractivity contribution in [3.63, 3.8) is 0 Å². The molecule has 1 aromatic heterocycles. The summed E-state index contributed by atoms with van der Waals surface area (Å²) in [5, 5.41) is 7.21. The van der Waals surface area contributed by atoms with Crippen molar-refractivity contribution in [3.8, 4) is 0 Å². The summed E-state index contributed by atoms with van der Waals surface area (Å²) in [6.45, 7) is 8.26. The normalized spacial score (nSPS) is 19.7. The van der Waals surface area contributed by atoms with E-state index in [0.717, 1.165) is 56.8 Å². The third kappa shape index (κ3) is 5.23. The Bertz CT molecular complexity index is 917. The number of anilines is 4. The van der Waals surface area contributed by atoms with Gasteiger partial charge in [0.2, 0.25) is 5.95 Å². The van der Waals surface area contributed by atoms with Gasteiger partial charge in [-0.15, -0.1) is 0 Å². The Morgan fingerprint density at radius 2 is 1.44 bits per heavy atom. The molecule has 3 aliphatic rings. The topological polar surface area (TPSA) is 59.6 Å². The van der Waals surface area contributed by atoms with E-state index < -0.39 is 0 Å². The Morgan fingerprint density at radius 3 is 2.06 bits per heavy atom. The van der Waals surface area contributed by atoms with Crippen LogP contribution in [0.4, 0.5) is 23.3 Å². The molecule has 0 radical (unpaired) electrons. The number of benzene rings is 1. The first kappa shape index (κ1) is 21.2. The van der Waals surface area contributed by atoms with E-state index in [4.69, 9.17) is 22.2 Å². The second-order valence-electron chi connectivity index (χ2n) is 9.26. The van der Waals surface area contributed by atoms with Crippen LogP contribution in [0.1, 0.15) is 32.6 Å². The number of piperazine rings is 1. The minimum atomic E-state index is 0.507. The zero-order chi connectivity index (χ0) is 21.9. The highest BCUT2D eigenvalue weighted by Crippen LogP contribution is 2.27. The highest BCUT2D eigenvalue weighted by molar-refractivity contribution is 7.80. The average molecular weight is 452 g/mol. The standard InChI is InChI=1S/C24H33N7S/c1-18-9-11-30(12-10-18)21-17-22(27-23(26-21)28-24(32)25-19-7-8-19)31-15-13-29(14-16-31)20-5-3-2-4-6-20/h2-6,17-19H,7-16H2,1H3,(H2,25,26,27,28,32). The fourth-order valence-electron chi connectivity index (χ4n) is 4.42. The number of rotatable bonds is 5. The van der Waals surface area contributed by atoms with Gasteiger partial charge in [0.15, 0.2) is 5.11 Å². The molecule has 32 heavy (non-hydrogen) atoms. The Hall–Kier alpha value is -2.61. The number of nitrogens with one attached hydrogen (secondary N) is 2. The van der Waals surface area contributed by atoms with Gasteiger partial charge >= 0.3 is 0 Å². The zero-order valence-electron chi connectivity index (χ0n) is 18.8. The molecule has 5 rings (SSSR count). The molecule has 8 heteroatoms. The summed E-state index contributed by atoms with van der Waals surface area (Å²) in [6, 6.07) is 13.3. The minimum Gasteiger partial charge on any atom is -0.368 e. The number of nitrogens with zero attached hydrogens (tertiary/aromatic N) is 5. The summed E-state index contributed by atoms with van der Waals surface area (Å²) in [7, 11) is 0. The molecule has 0 unspecified atom stereocenters. The molecule has 170 valence electrons. The molecule has 1 aliphatic carbocycles. The predicted molar refractivity (Wildman–Crippen MR) is 136 cm³/mol. The van der Waals surface area contributed by atoms with Crippen LogP contribution in [0.2, 0.25) is 0 Å². The Balaban J connectivity index is 1.32. The van der Waals surface area contributed by atoms with Gasteiger partial charge < -0.3 is 25.3 Å². The Labute approximate surface area is 196 Å². The molecule has 0 bridgehead atoms. The van der Waals surface area contributed by atoms with Crippen LogP contribution in [0.5, 0.6) is 0 Å². The quantitative estimate of drug-likeness (QED) is 0.670. The van der Waals surface area contributed by atoms with Gasteiger partial charge in [0.25, 0.3) is 0 Å². The van der Waals surface area contributed by atoms with Crippen LogP contribution in [0, 0.1) is 5.92 Å². The van der Waals surface area contributed by atoms with E-state index in [1.54, 1.807) is 0 Å². The lowest BCUT2D eigenvalue weighted by molar-refractivity contribution is 0.436. The van der Waals surface area contributed by atoms with E-state index in [1.165, 1.54) is 31.4 Å². The lowest BCUT2D eigenvalue weighted by Gasteiger charge is -2.37. The Kier molecular flexibility index (Phi) is 6.30. The molecule has 3 fully saturated rings. The van der Waals surface area contributed by atoms with Gasteiger partial charge in [-0.3, -0.25) is 0 Å². The van der Waals surface area contributed by atoms with Crippen LogP contribution < -0.4 is 25.3 Å². The smallest absolute Gasteiger partial charge is 0.232 e. The lowest BCUT2D eigenvalue weighted by Crippen LogP contribution is -2.47. The van der Waals surface area contributed by atoms with Crippen molar-refractivity contribution >= 4 is 40.6 Å². The summed E-state index contributed by atoms with van der Waals surface area (Å²) in [5.41, 5.74) is 1.29. The van der Waals surface area contributed by atoms with E-state index in [2.05, 4.69) is 68.7 Å². The van der Waals surface area contributed by atoms with Crippen molar-refractivity contribution in [1.29, 1.82) is 0 Å². The lowest BCUT2D eigenvalue weighted by atomic mass is 9.99. The fourth-order valence-corrected chi connectivity index (χ4v) is 4.68. The molecule has 2 aromatic rings. The summed E-state index contributed by atoms with van der Waals surface area (Å²) in [4.78, 5) is 16.9. The monoisotopic (exact) mass is 451 g/mol. The van der Waals surface area contributed by atoms with Crippen molar-refractivity contribution < 1.29 is 0 Å². The molecule has 0 atom stereocenters. The van der Waals surface area contributed by atoms with Crippen LogP contribution >= 0.6 is 12.2 Å². The number of aromatic nitrogens is 2. The maximum Gasteiger partial charge on any atom is 0.232 e. The van der Waals surface area contributed by atoms with Crippen molar-refractivity contribution in [2.75, 3.05) is 59.3 Å². The summed E-state index contributed by atoms with van der Waals surface area (Å²) in [5.74, 6) is 3.37. The number of hydrogen-bond donors (Lipinski definition) is 2. The third-order valence-corrected chi connectivity index (χ3v) is 6.89. The van der Waals surface area contributed by atoms with Crippen molar-refractivity contribution in [3.05, 3.63) is 36.4 Å². The number of para-hydroxylation sites is 1. The molecular formula is C24H33N7S. The predicted octanol–water partition coefficient (Wildman–Crippen LogP) is 3.49. The maximum atomic E-state index is 5.50.